The quantitative estimate of drug-likeness (QED) is 0.534. The van der Waals surface area contributed by atoms with Crippen LogP contribution in [-0.4, -0.2) is 46.9 Å². The normalized spacial score (nSPS) is 10.2. The SMILES string of the molecule is COc1ccc(NC(=O)CSCC(=O)Nc2nnc(SC)s2)cc1. The first-order valence-corrected chi connectivity index (χ1v) is 9.99. The fourth-order valence-electron chi connectivity index (χ4n) is 1.61. The molecule has 0 aliphatic heterocycles. The minimum absolute atomic E-state index is 0.168. The van der Waals surface area contributed by atoms with E-state index in [0.29, 0.717) is 10.8 Å². The van der Waals surface area contributed by atoms with Crippen molar-refractivity contribution in [1.82, 2.24) is 10.2 Å². The number of carbonyl (C=O) groups excluding carboxylic acids is 2. The van der Waals surface area contributed by atoms with Gasteiger partial charge in [0.1, 0.15) is 5.75 Å². The average Bonchev–Trinajstić information content (AvgIpc) is 3.03. The number of benzene rings is 1. The molecular weight excluding hydrogens is 368 g/mol. The molecule has 1 aromatic carbocycles. The number of nitrogens with zero attached hydrogens (tertiary/aromatic N) is 2. The molecule has 0 fully saturated rings. The summed E-state index contributed by atoms with van der Waals surface area (Å²) in [6.45, 7) is 0. The van der Waals surface area contributed by atoms with Crippen molar-refractivity contribution >= 4 is 57.5 Å². The van der Waals surface area contributed by atoms with E-state index in [9.17, 15) is 9.59 Å². The minimum atomic E-state index is -0.207. The molecule has 24 heavy (non-hydrogen) atoms. The highest BCUT2D eigenvalue weighted by atomic mass is 32.2. The number of thioether (sulfide) groups is 2. The molecule has 0 saturated heterocycles. The van der Waals surface area contributed by atoms with Crippen LogP contribution >= 0.6 is 34.9 Å². The lowest BCUT2D eigenvalue weighted by Crippen LogP contribution is -2.18. The molecule has 0 saturated carbocycles. The summed E-state index contributed by atoms with van der Waals surface area (Å²) in [7, 11) is 1.58. The van der Waals surface area contributed by atoms with E-state index in [4.69, 9.17) is 4.74 Å². The zero-order valence-electron chi connectivity index (χ0n) is 13.1. The van der Waals surface area contributed by atoms with Gasteiger partial charge in [-0.2, -0.15) is 0 Å². The van der Waals surface area contributed by atoms with E-state index in [2.05, 4.69) is 20.8 Å². The second-order valence-corrected chi connectivity index (χ2v) is 7.41. The fourth-order valence-corrected chi connectivity index (χ4v) is 3.41. The first kappa shape index (κ1) is 18.6. The van der Waals surface area contributed by atoms with Crippen molar-refractivity contribution in [1.29, 1.82) is 0 Å². The Morgan fingerprint density at radius 3 is 2.38 bits per heavy atom. The third-order valence-corrected chi connectivity index (χ3v) is 5.41. The van der Waals surface area contributed by atoms with Gasteiger partial charge >= 0.3 is 0 Å². The number of nitrogens with one attached hydrogen (secondary N) is 2. The molecule has 0 bridgehead atoms. The van der Waals surface area contributed by atoms with Crippen LogP contribution in [0.15, 0.2) is 28.6 Å². The monoisotopic (exact) mass is 384 g/mol. The predicted molar refractivity (Wildman–Crippen MR) is 99.3 cm³/mol. The summed E-state index contributed by atoms with van der Waals surface area (Å²) in [4.78, 5) is 23.6. The minimum Gasteiger partial charge on any atom is -0.497 e. The number of carbonyl (C=O) groups is 2. The second kappa shape index (κ2) is 9.50. The Bertz CT molecular complexity index is 691. The molecule has 10 heteroatoms. The van der Waals surface area contributed by atoms with Crippen LogP contribution in [0.4, 0.5) is 10.8 Å². The van der Waals surface area contributed by atoms with Crippen molar-refractivity contribution in [2.24, 2.45) is 0 Å². The van der Waals surface area contributed by atoms with Crippen LogP contribution in [0.2, 0.25) is 0 Å². The predicted octanol–water partition coefficient (Wildman–Crippen LogP) is 2.58. The molecule has 0 unspecified atom stereocenters. The molecule has 0 spiro atoms. The highest BCUT2D eigenvalue weighted by molar-refractivity contribution is 8.00. The Kier molecular flexibility index (Phi) is 7.35. The van der Waals surface area contributed by atoms with Crippen LogP contribution in [0.5, 0.6) is 5.75 Å². The fraction of sp³-hybridized carbons (Fsp3) is 0.286. The summed E-state index contributed by atoms with van der Waals surface area (Å²) in [5.41, 5.74) is 0.685. The lowest BCUT2D eigenvalue weighted by atomic mass is 10.3. The van der Waals surface area contributed by atoms with E-state index in [1.54, 1.807) is 31.4 Å². The molecular formula is C14H16N4O3S3. The van der Waals surface area contributed by atoms with E-state index >= 15 is 0 Å². The van der Waals surface area contributed by atoms with Crippen molar-refractivity contribution in [2.45, 2.75) is 4.34 Å². The van der Waals surface area contributed by atoms with E-state index in [1.165, 1.54) is 34.9 Å². The number of ether oxygens (including phenoxy) is 1. The summed E-state index contributed by atoms with van der Waals surface area (Å²) in [5.74, 6) is 0.704. The summed E-state index contributed by atoms with van der Waals surface area (Å²) in [6, 6.07) is 7.04. The van der Waals surface area contributed by atoms with E-state index in [0.717, 1.165) is 10.1 Å². The Balaban J connectivity index is 1.68. The van der Waals surface area contributed by atoms with Gasteiger partial charge in [0, 0.05) is 5.69 Å². The zero-order valence-corrected chi connectivity index (χ0v) is 15.5. The number of amides is 2. The first-order chi connectivity index (χ1) is 11.6. The summed E-state index contributed by atoms with van der Waals surface area (Å²) in [5, 5.41) is 13.6. The Morgan fingerprint density at radius 2 is 1.79 bits per heavy atom. The average molecular weight is 385 g/mol. The van der Waals surface area contributed by atoms with Crippen LogP contribution in [0.25, 0.3) is 0 Å². The van der Waals surface area contributed by atoms with Gasteiger partial charge in [-0.15, -0.1) is 22.0 Å². The first-order valence-electron chi connectivity index (χ1n) is 6.79. The summed E-state index contributed by atoms with van der Waals surface area (Å²) >= 11 is 4.02. The second-order valence-electron chi connectivity index (χ2n) is 4.39. The molecule has 0 radical (unpaired) electrons. The molecule has 1 heterocycles. The largest absolute Gasteiger partial charge is 0.497 e. The van der Waals surface area contributed by atoms with Crippen molar-refractivity contribution in [2.75, 3.05) is 35.5 Å². The maximum atomic E-state index is 11.8. The summed E-state index contributed by atoms with van der Waals surface area (Å²) in [6.07, 6.45) is 1.89. The summed E-state index contributed by atoms with van der Waals surface area (Å²) < 4.78 is 5.84. The molecule has 0 aliphatic carbocycles. The standard InChI is InChI=1S/C14H16N4O3S3/c1-21-10-5-3-9(4-6-10)15-11(19)7-23-8-12(20)16-13-17-18-14(22-2)24-13/h3-6H,7-8H2,1-2H3,(H,15,19)(H,16,17,20). The van der Waals surface area contributed by atoms with Gasteiger partial charge in [0.25, 0.3) is 0 Å². The maximum Gasteiger partial charge on any atom is 0.236 e. The number of hydrogen-bond donors (Lipinski definition) is 2. The van der Waals surface area contributed by atoms with E-state index in [-0.39, 0.29) is 23.3 Å². The molecule has 2 amide bonds. The highest BCUT2D eigenvalue weighted by Crippen LogP contribution is 2.23. The number of rotatable bonds is 8. The molecule has 0 atom stereocenters. The highest BCUT2D eigenvalue weighted by Gasteiger charge is 2.09. The van der Waals surface area contributed by atoms with Crippen molar-refractivity contribution in [3.05, 3.63) is 24.3 Å². The Labute approximate surface area is 152 Å². The number of hydrogen-bond acceptors (Lipinski definition) is 8. The van der Waals surface area contributed by atoms with Crippen LogP contribution < -0.4 is 15.4 Å². The maximum absolute atomic E-state index is 11.8. The van der Waals surface area contributed by atoms with Crippen LogP contribution in [0.3, 0.4) is 0 Å². The van der Waals surface area contributed by atoms with Crippen molar-refractivity contribution in [3.8, 4) is 5.75 Å². The van der Waals surface area contributed by atoms with Crippen LogP contribution in [0.1, 0.15) is 0 Å². The van der Waals surface area contributed by atoms with Crippen molar-refractivity contribution < 1.29 is 14.3 Å². The Hall–Kier alpha value is -1.78. The van der Waals surface area contributed by atoms with Gasteiger partial charge in [-0.25, -0.2) is 0 Å². The van der Waals surface area contributed by atoms with Crippen molar-refractivity contribution in [3.63, 3.8) is 0 Å². The molecule has 128 valence electrons. The third-order valence-electron chi connectivity index (χ3n) is 2.67. The van der Waals surface area contributed by atoms with Crippen LogP contribution in [-0.2, 0) is 9.59 Å². The number of aromatic nitrogens is 2. The lowest BCUT2D eigenvalue weighted by molar-refractivity contribution is -0.114. The van der Waals surface area contributed by atoms with Gasteiger partial charge in [-0.1, -0.05) is 23.1 Å². The zero-order chi connectivity index (χ0) is 17.4. The number of anilines is 2. The topological polar surface area (TPSA) is 93.2 Å². The Morgan fingerprint density at radius 1 is 1.12 bits per heavy atom. The van der Waals surface area contributed by atoms with Crippen LogP contribution in [0, 0.1) is 0 Å². The molecule has 2 N–H and O–H groups in total. The van der Waals surface area contributed by atoms with Gasteiger partial charge in [-0.3, -0.25) is 14.9 Å². The van der Waals surface area contributed by atoms with Gasteiger partial charge < -0.3 is 10.1 Å². The number of methoxy groups -OCH3 is 1. The van der Waals surface area contributed by atoms with E-state index in [1.807, 2.05) is 6.26 Å². The third kappa shape index (κ3) is 6.02. The molecule has 2 rings (SSSR count). The van der Waals surface area contributed by atoms with Gasteiger partial charge in [0.05, 0.1) is 18.6 Å². The van der Waals surface area contributed by atoms with Gasteiger partial charge in [-0.05, 0) is 30.5 Å². The van der Waals surface area contributed by atoms with E-state index < -0.39 is 0 Å². The molecule has 7 nitrogen and oxygen atoms in total. The smallest absolute Gasteiger partial charge is 0.236 e. The van der Waals surface area contributed by atoms with Gasteiger partial charge in [0.15, 0.2) is 4.34 Å². The molecule has 0 aliphatic rings. The van der Waals surface area contributed by atoms with Gasteiger partial charge in [0.2, 0.25) is 16.9 Å². The molecule has 2 aromatic rings. The molecule has 1 aromatic heterocycles. The lowest BCUT2D eigenvalue weighted by Gasteiger charge is -2.06.